The molecule has 5 nitrogen and oxygen atoms in total. The number of hydrogen-bond acceptors (Lipinski definition) is 4. The summed E-state index contributed by atoms with van der Waals surface area (Å²) in [6, 6.07) is 5.30. The molecule has 0 aliphatic rings. The van der Waals surface area contributed by atoms with Crippen molar-refractivity contribution in [2.24, 2.45) is 0 Å². The van der Waals surface area contributed by atoms with Crippen LogP contribution < -0.4 is 5.32 Å². The van der Waals surface area contributed by atoms with Crippen LogP contribution in [-0.4, -0.2) is 21.2 Å². The molecule has 0 saturated heterocycles. The maximum Gasteiger partial charge on any atom is 0.405 e. The minimum absolute atomic E-state index is 0.326. The number of halogens is 1. The predicted octanol–water partition coefficient (Wildman–Crippen LogP) is 3.30. The monoisotopic (exact) mass is 327 g/mol. The van der Waals surface area contributed by atoms with Gasteiger partial charge in [-0.2, -0.15) is 0 Å². The van der Waals surface area contributed by atoms with Gasteiger partial charge in [0.25, 0.3) is 0 Å². The lowest BCUT2D eigenvalue weighted by Gasteiger charge is -2.06. The molecular weight excluding hydrogens is 318 g/mol. The second kappa shape index (κ2) is 5.45. The third-order valence-corrected chi connectivity index (χ3v) is 3.85. The number of nitrogens with one attached hydrogen (secondary N) is 1. The van der Waals surface area contributed by atoms with Gasteiger partial charge in [-0.3, -0.25) is 0 Å². The van der Waals surface area contributed by atoms with E-state index in [1.807, 2.05) is 18.2 Å². The molecule has 2 aromatic heterocycles. The molecule has 0 unspecified atom stereocenters. The quantitative estimate of drug-likeness (QED) is 0.848. The van der Waals surface area contributed by atoms with Crippen LogP contribution in [0.5, 0.6) is 0 Å². The summed E-state index contributed by atoms with van der Waals surface area (Å²) in [7, 11) is 0. The minimum atomic E-state index is -1.06. The molecule has 18 heavy (non-hydrogen) atoms. The second-order valence-corrected chi connectivity index (χ2v) is 5.45. The summed E-state index contributed by atoms with van der Waals surface area (Å²) in [6.07, 6.45) is 0.647. The van der Waals surface area contributed by atoms with E-state index in [1.165, 1.54) is 11.3 Å². The number of nitrogens with zero attached hydrogens (tertiary/aromatic N) is 2. The van der Waals surface area contributed by atoms with E-state index in [1.54, 1.807) is 13.1 Å². The third kappa shape index (κ3) is 3.05. The molecule has 0 radical (unpaired) electrons. The van der Waals surface area contributed by atoms with Crippen LogP contribution in [0, 0.1) is 0 Å². The molecule has 2 heterocycles. The smallest absolute Gasteiger partial charge is 0.405 e. The first-order valence-electron chi connectivity index (χ1n) is 5.14. The average Bonchev–Trinajstić information content (AvgIpc) is 2.77. The molecule has 2 rings (SSSR count). The number of aromatic nitrogens is 2. The summed E-state index contributed by atoms with van der Waals surface area (Å²) in [5.74, 6) is 0. The summed E-state index contributed by atoms with van der Waals surface area (Å²) in [6.45, 7) is 1.76. The Balaban J connectivity index is 2.22. The number of amides is 1. The van der Waals surface area contributed by atoms with Crippen molar-refractivity contribution in [3.63, 3.8) is 0 Å². The fourth-order valence-corrected chi connectivity index (χ4v) is 2.63. The molecule has 94 valence electrons. The highest BCUT2D eigenvalue weighted by Crippen LogP contribution is 2.28. The zero-order valence-electron chi connectivity index (χ0n) is 9.42. The van der Waals surface area contributed by atoms with Crippen LogP contribution in [0.3, 0.4) is 0 Å². The van der Waals surface area contributed by atoms with Crippen LogP contribution in [0.1, 0.15) is 18.0 Å². The fraction of sp³-hybridized carbons (Fsp3) is 0.182. The molecule has 0 saturated carbocycles. The van der Waals surface area contributed by atoms with E-state index in [2.05, 4.69) is 31.2 Å². The van der Waals surface area contributed by atoms with E-state index in [0.29, 0.717) is 5.01 Å². The van der Waals surface area contributed by atoms with Gasteiger partial charge in [0.05, 0.1) is 16.6 Å². The molecular formula is C11H10BrN3O2S. The Morgan fingerprint density at radius 3 is 3.00 bits per heavy atom. The lowest BCUT2D eigenvalue weighted by Crippen LogP contribution is -2.24. The Morgan fingerprint density at radius 1 is 1.56 bits per heavy atom. The number of carbonyl (C=O) groups is 1. The zero-order chi connectivity index (χ0) is 13.1. The normalized spacial score (nSPS) is 12.1. The summed E-state index contributed by atoms with van der Waals surface area (Å²) < 4.78 is 0.756. The molecule has 0 aliphatic carbocycles. The van der Waals surface area contributed by atoms with Gasteiger partial charge in [-0.25, -0.2) is 14.8 Å². The largest absolute Gasteiger partial charge is 0.465 e. The summed E-state index contributed by atoms with van der Waals surface area (Å²) in [5, 5.41) is 11.7. The van der Waals surface area contributed by atoms with E-state index in [0.717, 1.165) is 15.2 Å². The molecule has 1 atom stereocenters. The highest BCUT2D eigenvalue weighted by Gasteiger charge is 2.13. The van der Waals surface area contributed by atoms with Crippen LogP contribution >= 0.6 is 27.3 Å². The lowest BCUT2D eigenvalue weighted by molar-refractivity contribution is 0.191. The van der Waals surface area contributed by atoms with Crippen molar-refractivity contribution in [3.8, 4) is 10.6 Å². The topological polar surface area (TPSA) is 75.1 Å². The number of carboxylic acid groups (broad SMARTS) is 1. The number of pyridine rings is 1. The van der Waals surface area contributed by atoms with Crippen molar-refractivity contribution in [2.75, 3.05) is 0 Å². The van der Waals surface area contributed by atoms with Gasteiger partial charge in [-0.05, 0) is 35.0 Å². The first kappa shape index (κ1) is 13.0. The van der Waals surface area contributed by atoms with Crippen molar-refractivity contribution in [1.82, 2.24) is 15.3 Å². The Labute approximate surface area is 116 Å². The number of hydrogen-bond donors (Lipinski definition) is 2. The van der Waals surface area contributed by atoms with Crippen LogP contribution in [0.15, 0.2) is 29.0 Å². The molecule has 0 bridgehead atoms. The molecule has 2 aromatic rings. The third-order valence-electron chi connectivity index (χ3n) is 2.20. The van der Waals surface area contributed by atoms with Crippen molar-refractivity contribution in [2.45, 2.75) is 13.0 Å². The molecule has 0 fully saturated rings. The fourth-order valence-electron chi connectivity index (χ4n) is 1.40. The van der Waals surface area contributed by atoms with Gasteiger partial charge in [0.1, 0.15) is 9.61 Å². The van der Waals surface area contributed by atoms with Crippen LogP contribution in [-0.2, 0) is 0 Å². The van der Waals surface area contributed by atoms with Gasteiger partial charge in [-0.1, -0.05) is 6.07 Å². The summed E-state index contributed by atoms with van der Waals surface area (Å²) in [4.78, 5) is 20.0. The van der Waals surface area contributed by atoms with Crippen molar-refractivity contribution in [3.05, 3.63) is 34.0 Å². The van der Waals surface area contributed by atoms with E-state index in [9.17, 15) is 4.79 Å². The predicted molar refractivity (Wildman–Crippen MR) is 72.6 cm³/mol. The van der Waals surface area contributed by atoms with E-state index >= 15 is 0 Å². The van der Waals surface area contributed by atoms with Crippen molar-refractivity contribution < 1.29 is 9.90 Å². The van der Waals surface area contributed by atoms with Gasteiger partial charge in [0, 0.05) is 6.20 Å². The molecule has 7 heteroatoms. The maximum atomic E-state index is 10.6. The van der Waals surface area contributed by atoms with Gasteiger partial charge in [0.2, 0.25) is 0 Å². The van der Waals surface area contributed by atoms with Crippen LogP contribution in [0.25, 0.3) is 10.6 Å². The average molecular weight is 328 g/mol. The van der Waals surface area contributed by atoms with Gasteiger partial charge in [0.15, 0.2) is 0 Å². The molecule has 2 N–H and O–H groups in total. The Kier molecular flexibility index (Phi) is 3.93. The Bertz CT molecular complexity index is 573. The van der Waals surface area contributed by atoms with E-state index < -0.39 is 6.09 Å². The standard InChI is InChI=1S/C11H10BrN3O2S/c1-6(14-11(16)17)10-13-5-8(18-10)7-3-2-4-9(12)15-7/h2-6,14H,1H3,(H,16,17)/t6-/m0/s1. The Hall–Kier alpha value is -1.47. The number of rotatable bonds is 3. The highest BCUT2D eigenvalue weighted by atomic mass is 79.9. The molecule has 0 aliphatic heterocycles. The first-order valence-corrected chi connectivity index (χ1v) is 6.75. The van der Waals surface area contributed by atoms with Gasteiger partial charge in [-0.15, -0.1) is 11.3 Å². The van der Waals surface area contributed by atoms with E-state index in [4.69, 9.17) is 5.11 Å². The van der Waals surface area contributed by atoms with Gasteiger partial charge < -0.3 is 10.4 Å². The highest BCUT2D eigenvalue weighted by molar-refractivity contribution is 9.10. The lowest BCUT2D eigenvalue weighted by atomic mass is 10.3. The maximum absolute atomic E-state index is 10.6. The summed E-state index contributed by atoms with van der Waals surface area (Å²) in [5.41, 5.74) is 0.815. The van der Waals surface area contributed by atoms with Crippen LogP contribution in [0.2, 0.25) is 0 Å². The second-order valence-electron chi connectivity index (χ2n) is 3.58. The van der Waals surface area contributed by atoms with Gasteiger partial charge >= 0.3 is 6.09 Å². The van der Waals surface area contributed by atoms with Crippen molar-refractivity contribution in [1.29, 1.82) is 0 Å². The molecule has 0 spiro atoms. The SMILES string of the molecule is C[C@H](NC(=O)O)c1ncc(-c2cccc(Br)n2)s1. The zero-order valence-corrected chi connectivity index (χ0v) is 11.8. The van der Waals surface area contributed by atoms with E-state index in [-0.39, 0.29) is 6.04 Å². The van der Waals surface area contributed by atoms with Crippen molar-refractivity contribution >= 4 is 33.4 Å². The first-order chi connectivity index (χ1) is 8.56. The number of thiazole rings is 1. The molecule has 1 amide bonds. The van der Waals surface area contributed by atoms with Crippen LogP contribution in [0.4, 0.5) is 4.79 Å². The minimum Gasteiger partial charge on any atom is -0.465 e. The summed E-state index contributed by atoms with van der Waals surface area (Å²) >= 11 is 4.74. The Morgan fingerprint density at radius 2 is 2.33 bits per heavy atom. The molecule has 0 aromatic carbocycles.